The van der Waals surface area contributed by atoms with Crippen LogP contribution in [0.25, 0.3) is 0 Å². The van der Waals surface area contributed by atoms with Crippen molar-refractivity contribution in [3.8, 4) is 5.75 Å². The fourth-order valence-corrected chi connectivity index (χ4v) is 2.57. The zero-order valence-electron chi connectivity index (χ0n) is 14.4. The summed E-state index contributed by atoms with van der Waals surface area (Å²) in [6.45, 7) is -0.355. The van der Waals surface area contributed by atoms with Crippen LogP contribution >= 0.6 is 0 Å². The third-order valence-electron chi connectivity index (χ3n) is 3.81. The molecule has 0 aliphatic rings. The van der Waals surface area contributed by atoms with E-state index in [9.17, 15) is 14.9 Å². The van der Waals surface area contributed by atoms with E-state index in [0.717, 1.165) is 11.1 Å². The standard InChI is InChI=1S/C20H17N3O4/c24-19(14-27-18-11-6-12-21-20(18)23(25)26)22-17-10-5-4-9-16(17)13-15-7-2-1-3-8-15/h1-12H,13-14H2,(H,22,24). The van der Waals surface area contributed by atoms with Crippen LogP contribution in [0.15, 0.2) is 72.9 Å². The lowest BCUT2D eigenvalue weighted by Gasteiger charge is -2.12. The van der Waals surface area contributed by atoms with E-state index in [-0.39, 0.29) is 12.4 Å². The normalized spacial score (nSPS) is 10.2. The van der Waals surface area contributed by atoms with E-state index in [2.05, 4.69) is 10.3 Å². The largest absolute Gasteiger partial charge is 0.476 e. The molecule has 27 heavy (non-hydrogen) atoms. The molecule has 0 radical (unpaired) electrons. The van der Waals surface area contributed by atoms with E-state index < -0.39 is 16.6 Å². The summed E-state index contributed by atoms with van der Waals surface area (Å²) < 4.78 is 5.27. The van der Waals surface area contributed by atoms with E-state index in [1.54, 1.807) is 0 Å². The second-order valence-corrected chi connectivity index (χ2v) is 5.74. The van der Waals surface area contributed by atoms with Crippen molar-refractivity contribution in [1.82, 2.24) is 4.98 Å². The van der Waals surface area contributed by atoms with Gasteiger partial charge < -0.3 is 20.2 Å². The highest BCUT2D eigenvalue weighted by Crippen LogP contribution is 2.23. The van der Waals surface area contributed by atoms with Crippen LogP contribution in [-0.4, -0.2) is 22.4 Å². The van der Waals surface area contributed by atoms with Gasteiger partial charge in [0.05, 0.1) is 0 Å². The molecule has 0 unspecified atom stereocenters. The molecule has 3 rings (SSSR count). The fraction of sp³-hybridized carbons (Fsp3) is 0.100. The molecule has 1 N–H and O–H groups in total. The Morgan fingerprint density at radius 3 is 2.56 bits per heavy atom. The molecule has 7 heteroatoms. The minimum Gasteiger partial charge on any atom is -0.476 e. The summed E-state index contributed by atoms with van der Waals surface area (Å²) >= 11 is 0. The van der Waals surface area contributed by atoms with Crippen molar-refractivity contribution in [3.05, 3.63) is 94.2 Å². The molecule has 0 aliphatic heterocycles. The lowest BCUT2D eigenvalue weighted by molar-refractivity contribution is -0.390. The van der Waals surface area contributed by atoms with Crippen LogP contribution in [0, 0.1) is 10.1 Å². The Morgan fingerprint density at radius 2 is 1.78 bits per heavy atom. The number of nitrogens with zero attached hydrogens (tertiary/aromatic N) is 2. The van der Waals surface area contributed by atoms with E-state index in [1.807, 2.05) is 54.6 Å². The number of rotatable bonds is 7. The first-order valence-corrected chi connectivity index (χ1v) is 8.27. The van der Waals surface area contributed by atoms with Gasteiger partial charge in [-0.1, -0.05) is 48.5 Å². The van der Waals surface area contributed by atoms with Crippen LogP contribution in [0.2, 0.25) is 0 Å². The smallest absolute Gasteiger partial charge is 0.406 e. The zero-order valence-corrected chi connectivity index (χ0v) is 14.4. The maximum Gasteiger partial charge on any atom is 0.406 e. The Kier molecular flexibility index (Phi) is 5.73. The van der Waals surface area contributed by atoms with Crippen LogP contribution in [0.1, 0.15) is 11.1 Å². The van der Waals surface area contributed by atoms with E-state index >= 15 is 0 Å². The number of nitrogens with one attached hydrogen (secondary N) is 1. The van der Waals surface area contributed by atoms with E-state index in [1.165, 1.54) is 18.3 Å². The van der Waals surface area contributed by atoms with E-state index in [4.69, 9.17) is 4.74 Å². The van der Waals surface area contributed by atoms with Gasteiger partial charge in [-0.3, -0.25) is 4.79 Å². The average Bonchev–Trinajstić information content (AvgIpc) is 2.69. The molecule has 0 saturated heterocycles. The molecule has 0 aliphatic carbocycles. The summed E-state index contributed by atoms with van der Waals surface area (Å²) in [7, 11) is 0. The quantitative estimate of drug-likeness (QED) is 0.511. The van der Waals surface area contributed by atoms with Gasteiger partial charge in [-0.2, -0.15) is 0 Å². The lowest BCUT2D eigenvalue weighted by atomic mass is 10.0. The summed E-state index contributed by atoms with van der Waals surface area (Å²) in [6.07, 6.45) is 1.97. The molecule has 3 aromatic rings. The molecule has 1 heterocycles. The number of nitro groups is 1. The molecule has 7 nitrogen and oxygen atoms in total. The number of carbonyl (C=O) groups is 1. The number of hydrogen-bond donors (Lipinski definition) is 1. The molecule has 0 spiro atoms. The Balaban J connectivity index is 1.66. The molecule has 0 bridgehead atoms. The Labute approximate surface area is 155 Å². The maximum absolute atomic E-state index is 12.2. The van der Waals surface area contributed by atoms with Gasteiger partial charge in [-0.25, -0.2) is 0 Å². The predicted octanol–water partition coefficient (Wildman–Crippen LogP) is 3.60. The monoisotopic (exact) mass is 363 g/mol. The van der Waals surface area contributed by atoms with Crippen LogP contribution in [0.4, 0.5) is 11.5 Å². The van der Waals surface area contributed by atoms with Gasteiger partial charge in [0, 0.05) is 5.69 Å². The van der Waals surface area contributed by atoms with Gasteiger partial charge in [0.15, 0.2) is 6.61 Å². The molecule has 0 atom stereocenters. The first kappa shape index (κ1) is 18.1. The first-order chi connectivity index (χ1) is 13.1. The number of anilines is 1. The summed E-state index contributed by atoms with van der Waals surface area (Å²) in [5, 5.41) is 13.7. The topological polar surface area (TPSA) is 94.4 Å². The summed E-state index contributed by atoms with van der Waals surface area (Å²) in [5.74, 6) is -0.876. The summed E-state index contributed by atoms with van der Waals surface area (Å²) in [6, 6.07) is 20.3. The van der Waals surface area contributed by atoms with Crippen molar-refractivity contribution >= 4 is 17.4 Å². The van der Waals surface area contributed by atoms with Gasteiger partial charge >= 0.3 is 5.82 Å². The number of carbonyl (C=O) groups excluding carboxylic acids is 1. The number of aromatic nitrogens is 1. The molecular weight excluding hydrogens is 346 g/mol. The maximum atomic E-state index is 12.2. The third kappa shape index (κ3) is 4.88. The number of para-hydroxylation sites is 1. The van der Waals surface area contributed by atoms with Crippen LogP contribution in [0.5, 0.6) is 5.75 Å². The number of hydrogen-bond acceptors (Lipinski definition) is 5. The fourth-order valence-electron chi connectivity index (χ4n) is 2.57. The SMILES string of the molecule is O=C(COc1cccnc1[N+](=O)[O-])Nc1ccccc1Cc1ccccc1. The zero-order chi connectivity index (χ0) is 19.1. The lowest BCUT2D eigenvalue weighted by Crippen LogP contribution is -2.21. The van der Waals surface area contributed by atoms with Crippen LogP contribution in [0.3, 0.4) is 0 Å². The molecule has 0 saturated carbocycles. The van der Waals surface area contributed by atoms with Gasteiger partial charge in [0.25, 0.3) is 5.91 Å². The van der Waals surface area contributed by atoms with Gasteiger partial charge in [0.1, 0.15) is 6.20 Å². The molecular formula is C20H17N3O4. The van der Waals surface area contributed by atoms with Crippen molar-refractivity contribution in [2.75, 3.05) is 11.9 Å². The molecule has 0 fully saturated rings. The highest BCUT2D eigenvalue weighted by atomic mass is 16.6. The van der Waals surface area contributed by atoms with Gasteiger partial charge in [0.2, 0.25) is 5.75 Å². The Bertz CT molecular complexity index is 945. The molecule has 136 valence electrons. The number of ether oxygens (including phenoxy) is 1. The van der Waals surface area contributed by atoms with Crippen LogP contribution < -0.4 is 10.1 Å². The molecule has 2 aromatic carbocycles. The Hall–Kier alpha value is -3.74. The minimum atomic E-state index is -0.650. The van der Waals surface area contributed by atoms with Crippen molar-refractivity contribution in [3.63, 3.8) is 0 Å². The highest BCUT2D eigenvalue weighted by Gasteiger charge is 2.17. The van der Waals surface area contributed by atoms with Crippen molar-refractivity contribution in [2.24, 2.45) is 0 Å². The third-order valence-corrected chi connectivity index (χ3v) is 3.81. The second kappa shape index (κ2) is 8.57. The highest BCUT2D eigenvalue weighted by molar-refractivity contribution is 5.92. The molecule has 1 aromatic heterocycles. The van der Waals surface area contributed by atoms with Gasteiger partial charge in [-0.15, -0.1) is 0 Å². The first-order valence-electron chi connectivity index (χ1n) is 8.27. The van der Waals surface area contributed by atoms with Crippen LogP contribution in [-0.2, 0) is 11.2 Å². The predicted molar refractivity (Wildman–Crippen MR) is 101 cm³/mol. The number of benzene rings is 2. The van der Waals surface area contributed by atoms with Crippen molar-refractivity contribution < 1.29 is 14.5 Å². The number of amides is 1. The minimum absolute atomic E-state index is 0.0461. The number of pyridine rings is 1. The second-order valence-electron chi connectivity index (χ2n) is 5.74. The van der Waals surface area contributed by atoms with Gasteiger partial charge in [-0.05, 0) is 45.7 Å². The van der Waals surface area contributed by atoms with E-state index in [0.29, 0.717) is 12.1 Å². The van der Waals surface area contributed by atoms with Crippen molar-refractivity contribution in [1.29, 1.82) is 0 Å². The summed E-state index contributed by atoms with van der Waals surface area (Å²) in [5.41, 5.74) is 2.77. The molecule has 1 amide bonds. The Morgan fingerprint density at radius 1 is 1.04 bits per heavy atom. The average molecular weight is 363 g/mol. The van der Waals surface area contributed by atoms with Crippen molar-refractivity contribution in [2.45, 2.75) is 6.42 Å². The summed E-state index contributed by atoms with van der Waals surface area (Å²) in [4.78, 5) is 26.2.